The minimum Gasteiger partial charge on any atom is -0.467 e. The summed E-state index contributed by atoms with van der Waals surface area (Å²) in [5.41, 5.74) is 0.828. The Balaban J connectivity index is 2.53. The van der Waals surface area contributed by atoms with Crippen LogP contribution in [0, 0.1) is 0 Å². The predicted octanol–water partition coefficient (Wildman–Crippen LogP) is 2.07. The predicted molar refractivity (Wildman–Crippen MR) is 76.3 cm³/mol. The van der Waals surface area contributed by atoms with Crippen molar-refractivity contribution in [2.24, 2.45) is 0 Å². The first-order valence-electron chi connectivity index (χ1n) is 5.84. The number of esters is 1. The van der Waals surface area contributed by atoms with Crippen molar-refractivity contribution in [3.63, 3.8) is 0 Å². The van der Waals surface area contributed by atoms with Gasteiger partial charge in [0.15, 0.2) is 0 Å². The van der Waals surface area contributed by atoms with Crippen molar-refractivity contribution in [2.45, 2.75) is 6.04 Å². The monoisotopic (exact) mass is 331 g/mol. The van der Waals surface area contributed by atoms with E-state index < -0.39 is 6.04 Å². The zero-order valence-electron chi connectivity index (χ0n) is 11.0. The minimum atomic E-state index is -0.539. The van der Waals surface area contributed by atoms with Gasteiger partial charge in [-0.05, 0) is 24.3 Å². The molecule has 0 amide bonds. The topological polar surface area (TPSA) is 56.8 Å². The van der Waals surface area contributed by atoms with Gasteiger partial charge in [-0.15, -0.1) is 0 Å². The van der Waals surface area contributed by atoms with Crippen molar-refractivity contribution in [3.05, 3.63) is 28.7 Å². The molecule has 0 spiro atoms. The molecule has 1 N–H and O–H groups in total. The maximum Gasteiger partial charge on any atom is 0.330 e. The Morgan fingerprint density at radius 1 is 1.26 bits per heavy atom. The lowest BCUT2D eigenvalue weighted by atomic mass is 10.2. The van der Waals surface area contributed by atoms with Crippen molar-refractivity contribution in [1.29, 1.82) is 0 Å². The third kappa shape index (κ3) is 6.04. The van der Waals surface area contributed by atoms with Gasteiger partial charge < -0.3 is 19.5 Å². The highest BCUT2D eigenvalue weighted by Crippen LogP contribution is 2.15. The van der Waals surface area contributed by atoms with Gasteiger partial charge in [-0.3, -0.25) is 0 Å². The van der Waals surface area contributed by atoms with Gasteiger partial charge in [0.2, 0.25) is 0 Å². The number of benzene rings is 1. The number of hydrogen-bond acceptors (Lipinski definition) is 5. The van der Waals surface area contributed by atoms with E-state index in [4.69, 9.17) is 14.2 Å². The molecule has 1 rings (SSSR count). The molecule has 0 saturated heterocycles. The molecule has 0 aliphatic heterocycles. The molecule has 6 heteroatoms. The number of ether oxygens (including phenoxy) is 3. The molecular formula is C13H18BrNO4. The third-order valence-electron chi connectivity index (χ3n) is 2.39. The van der Waals surface area contributed by atoms with Crippen LogP contribution >= 0.6 is 15.9 Å². The van der Waals surface area contributed by atoms with Gasteiger partial charge in [-0.25, -0.2) is 4.79 Å². The summed E-state index contributed by atoms with van der Waals surface area (Å²) >= 11 is 3.36. The second-order valence-electron chi connectivity index (χ2n) is 3.79. The first-order chi connectivity index (χ1) is 9.17. The molecule has 0 aliphatic carbocycles. The smallest absolute Gasteiger partial charge is 0.330 e. The highest BCUT2D eigenvalue weighted by Gasteiger charge is 2.19. The van der Waals surface area contributed by atoms with Crippen LogP contribution in [0.25, 0.3) is 0 Å². The molecule has 0 bridgehead atoms. The number of anilines is 1. The molecule has 0 fully saturated rings. The van der Waals surface area contributed by atoms with E-state index in [0.717, 1.165) is 10.2 Å². The second kappa shape index (κ2) is 8.90. The molecule has 0 radical (unpaired) electrons. The molecule has 0 aromatic heterocycles. The minimum absolute atomic E-state index is 0.228. The van der Waals surface area contributed by atoms with Gasteiger partial charge in [0, 0.05) is 17.3 Å². The highest BCUT2D eigenvalue weighted by molar-refractivity contribution is 9.10. The second-order valence-corrected chi connectivity index (χ2v) is 4.71. The summed E-state index contributed by atoms with van der Waals surface area (Å²) in [7, 11) is 2.95. The van der Waals surface area contributed by atoms with E-state index in [9.17, 15) is 4.79 Å². The Kier molecular flexibility index (Phi) is 7.47. The average molecular weight is 332 g/mol. The Bertz CT molecular complexity index is 383. The first-order valence-corrected chi connectivity index (χ1v) is 6.63. The number of carbonyl (C=O) groups is 1. The number of nitrogens with one attached hydrogen (secondary N) is 1. The molecule has 0 aliphatic rings. The normalized spacial score (nSPS) is 11.9. The van der Waals surface area contributed by atoms with Gasteiger partial charge in [0.05, 0.1) is 26.9 Å². The average Bonchev–Trinajstić information content (AvgIpc) is 2.43. The summed E-state index contributed by atoms with van der Waals surface area (Å²) in [6.45, 7) is 1.16. The lowest BCUT2D eigenvalue weighted by Gasteiger charge is -2.17. The number of rotatable bonds is 8. The molecule has 0 saturated carbocycles. The van der Waals surface area contributed by atoms with Crippen LogP contribution in [0.2, 0.25) is 0 Å². The zero-order valence-corrected chi connectivity index (χ0v) is 12.6. The van der Waals surface area contributed by atoms with Crippen molar-refractivity contribution < 1.29 is 19.0 Å². The summed E-state index contributed by atoms with van der Waals surface area (Å²) in [5.74, 6) is -0.361. The molecule has 19 heavy (non-hydrogen) atoms. The fraction of sp³-hybridized carbons (Fsp3) is 0.462. The summed E-state index contributed by atoms with van der Waals surface area (Å²) in [6, 6.07) is 6.98. The van der Waals surface area contributed by atoms with E-state index in [1.807, 2.05) is 24.3 Å². The molecule has 0 heterocycles. The van der Waals surface area contributed by atoms with Gasteiger partial charge >= 0.3 is 5.97 Å². The Labute approximate surface area is 121 Å². The van der Waals surface area contributed by atoms with Crippen LogP contribution in [0.3, 0.4) is 0 Å². The van der Waals surface area contributed by atoms with Crippen molar-refractivity contribution >= 4 is 27.6 Å². The third-order valence-corrected chi connectivity index (χ3v) is 2.92. The van der Waals surface area contributed by atoms with E-state index in [0.29, 0.717) is 13.2 Å². The Morgan fingerprint density at radius 3 is 2.53 bits per heavy atom. The number of hydrogen-bond donors (Lipinski definition) is 1. The number of halogens is 1. The molecular weight excluding hydrogens is 314 g/mol. The molecule has 1 atom stereocenters. The van der Waals surface area contributed by atoms with Crippen LogP contribution in [0.1, 0.15) is 0 Å². The summed E-state index contributed by atoms with van der Waals surface area (Å²) in [5, 5.41) is 3.07. The summed E-state index contributed by atoms with van der Waals surface area (Å²) in [4.78, 5) is 11.6. The van der Waals surface area contributed by atoms with Gasteiger partial charge in [-0.2, -0.15) is 0 Å². The quantitative estimate of drug-likeness (QED) is 0.583. The number of carbonyl (C=O) groups excluding carboxylic acids is 1. The van der Waals surface area contributed by atoms with Crippen LogP contribution in [0.4, 0.5) is 5.69 Å². The van der Waals surface area contributed by atoms with E-state index in [1.54, 1.807) is 7.11 Å². The Hall–Kier alpha value is -1.11. The van der Waals surface area contributed by atoms with Crippen molar-refractivity contribution in [1.82, 2.24) is 0 Å². The Morgan fingerprint density at radius 2 is 1.95 bits per heavy atom. The maximum atomic E-state index is 11.6. The number of methoxy groups -OCH3 is 2. The molecule has 5 nitrogen and oxygen atoms in total. The lowest BCUT2D eigenvalue weighted by molar-refractivity contribution is -0.143. The van der Waals surface area contributed by atoms with Gasteiger partial charge in [0.1, 0.15) is 6.04 Å². The molecule has 1 aromatic carbocycles. The lowest BCUT2D eigenvalue weighted by Crippen LogP contribution is -2.35. The molecule has 1 aromatic rings. The van der Waals surface area contributed by atoms with E-state index in [2.05, 4.69) is 21.2 Å². The first kappa shape index (κ1) is 15.9. The SMILES string of the molecule is COCCOCC(Nc1ccc(Br)cc1)C(=O)OC. The van der Waals surface area contributed by atoms with Crippen molar-refractivity contribution in [3.8, 4) is 0 Å². The van der Waals surface area contributed by atoms with Crippen LogP contribution in [0.5, 0.6) is 0 Å². The molecule has 106 valence electrons. The van der Waals surface area contributed by atoms with Crippen LogP contribution in [0.15, 0.2) is 28.7 Å². The van der Waals surface area contributed by atoms with Crippen LogP contribution < -0.4 is 5.32 Å². The molecule has 1 unspecified atom stereocenters. The van der Waals surface area contributed by atoms with E-state index in [1.165, 1.54) is 7.11 Å². The van der Waals surface area contributed by atoms with E-state index in [-0.39, 0.29) is 12.6 Å². The van der Waals surface area contributed by atoms with Gasteiger partial charge in [0.25, 0.3) is 0 Å². The van der Waals surface area contributed by atoms with Crippen LogP contribution in [-0.4, -0.2) is 46.1 Å². The van der Waals surface area contributed by atoms with Crippen molar-refractivity contribution in [2.75, 3.05) is 39.4 Å². The fourth-order valence-corrected chi connectivity index (χ4v) is 1.67. The zero-order chi connectivity index (χ0) is 14.1. The standard InChI is InChI=1S/C13H18BrNO4/c1-17-7-8-19-9-12(13(16)18-2)15-11-5-3-10(14)4-6-11/h3-6,12,15H,7-9H2,1-2H3. The maximum absolute atomic E-state index is 11.6. The van der Waals surface area contributed by atoms with Gasteiger partial charge in [-0.1, -0.05) is 15.9 Å². The fourth-order valence-electron chi connectivity index (χ4n) is 1.40. The largest absolute Gasteiger partial charge is 0.467 e. The van der Waals surface area contributed by atoms with Crippen LogP contribution in [-0.2, 0) is 19.0 Å². The summed E-state index contributed by atoms with van der Waals surface area (Å²) in [6.07, 6.45) is 0. The summed E-state index contributed by atoms with van der Waals surface area (Å²) < 4.78 is 16.0. The van der Waals surface area contributed by atoms with E-state index >= 15 is 0 Å². The highest BCUT2D eigenvalue weighted by atomic mass is 79.9.